The van der Waals surface area contributed by atoms with E-state index in [0.717, 1.165) is 31.9 Å². The molecule has 6 nitrogen and oxygen atoms in total. The minimum absolute atomic E-state index is 0.0159. The smallest absolute Gasteiger partial charge is 0.241 e. The summed E-state index contributed by atoms with van der Waals surface area (Å²) in [5.74, 6) is 0.230. The second-order valence-corrected chi connectivity index (χ2v) is 10.7. The Morgan fingerprint density at radius 3 is 2.16 bits per heavy atom. The van der Waals surface area contributed by atoms with Gasteiger partial charge < -0.3 is 5.73 Å². The van der Waals surface area contributed by atoms with Crippen molar-refractivity contribution in [3.8, 4) is 0 Å². The first-order valence-electron chi connectivity index (χ1n) is 8.60. The second kappa shape index (κ2) is 7.73. The van der Waals surface area contributed by atoms with Gasteiger partial charge in [-0.2, -0.15) is 0 Å². The molecule has 0 saturated heterocycles. The molecule has 1 atom stereocenters. The summed E-state index contributed by atoms with van der Waals surface area (Å²) < 4.78 is 52.5. The lowest BCUT2D eigenvalue weighted by molar-refractivity contribution is 0.294. The maximum Gasteiger partial charge on any atom is 0.241 e. The number of sulfonamides is 1. The summed E-state index contributed by atoms with van der Waals surface area (Å²) in [4.78, 5) is 0.0667. The van der Waals surface area contributed by atoms with Gasteiger partial charge in [-0.3, -0.25) is 0 Å². The number of benzene rings is 1. The molecule has 142 valence electrons. The Balaban J connectivity index is 2.40. The molecule has 1 unspecified atom stereocenters. The van der Waals surface area contributed by atoms with Crippen molar-refractivity contribution in [1.29, 1.82) is 0 Å². The van der Waals surface area contributed by atoms with Crippen LogP contribution < -0.4 is 10.5 Å². The monoisotopic (exact) mass is 388 g/mol. The average Bonchev–Trinajstić information content (AvgIpc) is 2.54. The van der Waals surface area contributed by atoms with Gasteiger partial charge in [-0.1, -0.05) is 19.3 Å². The van der Waals surface area contributed by atoms with Gasteiger partial charge in [-0.25, -0.2) is 21.6 Å². The zero-order valence-electron chi connectivity index (χ0n) is 15.1. The first-order chi connectivity index (χ1) is 11.6. The molecule has 8 heteroatoms. The molecule has 0 heterocycles. The molecule has 0 radical (unpaired) electrons. The van der Waals surface area contributed by atoms with Crippen molar-refractivity contribution < 1.29 is 16.8 Å². The van der Waals surface area contributed by atoms with Gasteiger partial charge in [0, 0.05) is 18.8 Å². The fourth-order valence-electron chi connectivity index (χ4n) is 3.59. The summed E-state index contributed by atoms with van der Waals surface area (Å²) >= 11 is 0. The highest BCUT2D eigenvalue weighted by atomic mass is 32.2. The Hall–Kier alpha value is -0.960. The van der Waals surface area contributed by atoms with Crippen molar-refractivity contribution in [3.63, 3.8) is 0 Å². The van der Waals surface area contributed by atoms with E-state index in [1.54, 1.807) is 6.92 Å². The number of rotatable bonds is 6. The van der Waals surface area contributed by atoms with Gasteiger partial charge in [-0.05, 0) is 55.9 Å². The number of sulfone groups is 1. The minimum atomic E-state index is -3.85. The number of nitrogens with two attached hydrogens (primary N) is 1. The molecular weight excluding hydrogens is 360 g/mol. The molecule has 1 aromatic carbocycles. The van der Waals surface area contributed by atoms with E-state index in [1.807, 2.05) is 0 Å². The Kier molecular flexibility index (Phi) is 6.30. The predicted octanol–water partition coefficient (Wildman–Crippen LogP) is 1.89. The quantitative estimate of drug-likeness (QED) is 0.774. The summed E-state index contributed by atoms with van der Waals surface area (Å²) in [6.45, 7) is 3.45. The minimum Gasteiger partial charge on any atom is -0.329 e. The fourth-order valence-corrected chi connectivity index (χ4v) is 6.39. The maximum atomic E-state index is 12.9. The number of hydrogen-bond acceptors (Lipinski definition) is 5. The number of aryl methyl sites for hydroxylation is 1. The van der Waals surface area contributed by atoms with Crippen LogP contribution in [0.4, 0.5) is 0 Å². The third-order valence-corrected chi connectivity index (χ3v) is 7.76. The van der Waals surface area contributed by atoms with Crippen LogP contribution in [0.1, 0.15) is 43.2 Å². The molecule has 1 aliphatic carbocycles. The summed E-state index contributed by atoms with van der Waals surface area (Å²) in [6, 6.07) is 2.69. The van der Waals surface area contributed by atoms with Crippen molar-refractivity contribution in [2.24, 2.45) is 11.7 Å². The van der Waals surface area contributed by atoms with Crippen LogP contribution in [-0.2, 0) is 19.9 Å². The Morgan fingerprint density at radius 2 is 1.64 bits per heavy atom. The largest absolute Gasteiger partial charge is 0.329 e. The van der Waals surface area contributed by atoms with Gasteiger partial charge in [0.1, 0.15) is 0 Å². The molecule has 0 aromatic heterocycles. The van der Waals surface area contributed by atoms with Crippen LogP contribution >= 0.6 is 0 Å². The van der Waals surface area contributed by atoms with Crippen LogP contribution in [0.3, 0.4) is 0 Å². The van der Waals surface area contributed by atoms with Gasteiger partial charge >= 0.3 is 0 Å². The van der Waals surface area contributed by atoms with E-state index in [4.69, 9.17) is 5.73 Å². The lowest BCUT2D eigenvalue weighted by atomic mass is 9.84. The van der Waals surface area contributed by atoms with Crippen molar-refractivity contribution in [2.75, 3.05) is 12.8 Å². The van der Waals surface area contributed by atoms with E-state index in [9.17, 15) is 16.8 Å². The SMILES string of the molecule is Cc1cc(S(C)(=O)=O)c(C)c(S(=O)(=O)NC(CN)C2CCCCC2)c1. The molecular formula is C17H28N2O4S2. The molecule has 1 aliphatic rings. The molecule has 0 aliphatic heterocycles. The van der Waals surface area contributed by atoms with E-state index in [-0.39, 0.29) is 33.9 Å². The molecule has 0 bridgehead atoms. The highest BCUT2D eigenvalue weighted by molar-refractivity contribution is 7.91. The lowest BCUT2D eigenvalue weighted by Crippen LogP contribution is -2.46. The van der Waals surface area contributed by atoms with Gasteiger partial charge in [0.15, 0.2) is 9.84 Å². The van der Waals surface area contributed by atoms with Gasteiger partial charge in [0.2, 0.25) is 10.0 Å². The van der Waals surface area contributed by atoms with Crippen LogP contribution in [0.2, 0.25) is 0 Å². The molecule has 25 heavy (non-hydrogen) atoms. The van der Waals surface area contributed by atoms with Gasteiger partial charge in [0.25, 0.3) is 0 Å². The summed E-state index contributed by atoms with van der Waals surface area (Å²) in [7, 11) is -7.36. The van der Waals surface area contributed by atoms with Crippen LogP contribution in [0.15, 0.2) is 21.9 Å². The van der Waals surface area contributed by atoms with E-state index < -0.39 is 19.9 Å². The summed E-state index contributed by atoms with van der Waals surface area (Å²) in [5.41, 5.74) is 6.67. The predicted molar refractivity (Wildman–Crippen MR) is 98.8 cm³/mol. The van der Waals surface area contributed by atoms with Crippen LogP contribution in [-0.4, -0.2) is 35.7 Å². The third-order valence-electron chi connectivity index (χ3n) is 4.93. The van der Waals surface area contributed by atoms with E-state index in [1.165, 1.54) is 25.5 Å². The van der Waals surface area contributed by atoms with Crippen LogP contribution in [0.25, 0.3) is 0 Å². The Morgan fingerprint density at radius 1 is 1.08 bits per heavy atom. The normalized spacial score (nSPS) is 18.2. The summed E-state index contributed by atoms with van der Waals surface area (Å²) in [5, 5.41) is 0. The second-order valence-electron chi connectivity index (χ2n) is 7.02. The molecule has 1 fully saturated rings. The molecule has 2 rings (SSSR count). The van der Waals surface area contributed by atoms with Crippen molar-refractivity contribution in [1.82, 2.24) is 4.72 Å². The standard InChI is InChI=1S/C17H28N2O4S2/c1-12-9-16(24(3,20)21)13(2)17(10-12)25(22,23)19-15(11-18)14-7-5-4-6-8-14/h9-10,14-15,19H,4-8,11,18H2,1-3H3. The molecule has 1 aromatic rings. The van der Waals surface area contributed by atoms with E-state index in [0.29, 0.717) is 5.56 Å². The highest BCUT2D eigenvalue weighted by Gasteiger charge is 2.29. The van der Waals surface area contributed by atoms with E-state index >= 15 is 0 Å². The van der Waals surface area contributed by atoms with Crippen molar-refractivity contribution in [3.05, 3.63) is 23.3 Å². The average molecular weight is 389 g/mol. The van der Waals surface area contributed by atoms with Crippen molar-refractivity contribution in [2.45, 2.75) is 61.8 Å². The van der Waals surface area contributed by atoms with Gasteiger partial charge in [0.05, 0.1) is 9.79 Å². The summed E-state index contributed by atoms with van der Waals surface area (Å²) in [6.07, 6.45) is 6.37. The Bertz CT molecular complexity index is 826. The first kappa shape index (κ1) is 20.4. The van der Waals surface area contributed by atoms with Crippen LogP contribution in [0, 0.1) is 19.8 Å². The van der Waals surface area contributed by atoms with Crippen molar-refractivity contribution >= 4 is 19.9 Å². The van der Waals surface area contributed by atoms with Gasteiger partial charge in [-0.15, -0.1) is 0 Å². The first-order valence-corrected chi connectivity index (χ1v) is 12.0. The molecule has 3 N–H and O–H groups in total. The molecule has 0 amide bonds. The lowest BCUT2D eigenvalue weighted by Gasteiger charge is -2.30. The van der Waals surface area contributed by atoms with E-state index in [2.05, 4.69) is 4.72 Å². The zero-order chi connectivity index (χ0) is 18.8. The Labute approximate surface area is 151 Å². The topological polar surface area (TPSA) is 106 Å². The number of nitrogens with one attached hydrogen (secondary N) is 1. The highest BCUT2D eigenvalue weighted by Crippen LogP contribution is 2.29. The number of hydrogen-bond donors (Lipinski definition) is 2. The zero-order valence-corrected chi connectivity index (χ0v) is 16.7. The molecule has 1 saturated carbocycles. The maximum absolute atomic E-state index is 12.9. The fraction of sp³-hybridized carbons (Fsp3) is 0.647. The van der Waals surface area contributed by atoms with Crippen LogP contribution in [0.5, 0.6) is 0 Å². The molecule has 0 spiro atoms. The third kappa shape index (κ3) is 4.81.